The second-order valence-electron chi connectivity index (χ2n) is 8.80. The predicted octanol–water partition coefficient (Wildman–Crippen LogP) is 5.24. The van der Waals surface area contributed by atoms with Crippen LogP contribution in [0.15, 0.2) is 53.5 Å². The first kappa shape index (κ1) is 17.3. The van der Waals surface area contributed by atoms with Crippen LogP contribution in [0.3, 0.4) is 0 Å². The lowest BCUT2D eigenvalue weighted by Gasteiger charge is -2.46. The third kappa shape index (κ3) is 2.50. The van der Waals surface area contributed by atoms with E-state index in [1.807, 2.05) is 0 Å². The monoisotopic (exact) mass is 346 g/mol. The van der Waals surface area contributed by atoms with E-state index in [1.165, 1.54) is 28.1 Å². The SMILES string of the molecule is CCN1CC(C2=NC(C)(C)C(C)(C)c3ccccc32)Cc2ccccc21. The summed E-state index contributed by atoms with van der Waals surface area (Å²) in [6.07, 6.45) is 1.08. The molecule has 0 aromatic heterocycles. The Labute approximate surface area is 158 Å². The minimum Gasteiger partial charge on any atom is -0.371 e. The van der Waals surface area contributed by atoms with E-state index in [1.54, 1.807) is 0 Å². The van der Waals surface area contributed by atoms with Gasteiger partial charge in [0.25, 0.3) is 0 Å². The molecule has 2 aromatic carbocycles. The summed E-state index contributed by atoms with van der Waals surface area (Å²) in [4.78, 5) is 7.88. The van der Waals surface area contributed by atoms with Gasteiger partial charge in [-0.15, -0.1) is 0 Å². The van der Waals surface area contributed by atoms with Crippen LogP contribution in [0.2, 0.25) is 0 Å². The molecule has 2 heterocycles. The topological polar surface area (TPSA) is 15.6 Å². The quantitative estimate of drug-likeness (QED) is 0.725. The third-order valence-corrected chi connectivity index (χ3v) is 6.81. The van der Waals surface area contributed by atoms with Crippen LogP contribution in [0.25, 0.3) is 0 Å². The molecule has 2 aliphatic rings. The average molecular weight is 347 g/mol. The summed E-state index contributed by atoms with van der Waals surface area (Å²) >= 11 is 0. The largest absolute Gasteiger partial charge is 0.371 e. The van der Waals surface area contributed by atoms with Gasteiger partial charge in [-0.25, -0.2) is 0 Å². The molecule has 0 fully saturated rings. The summed E-state index contributed by atoms with van der Waals surface area (Å²) in [6, 6.07) is 17.8. The van der Waals surface area contributed by atoms with Gasteiger partial charge in [0.1, 0.15) is 0 Å². The van der Waals surface area contributed by atoms with E-state index in [0.29, 0.717) is 5.92 Å². The van der Waals surface area contributed by atoms with Crippen LogP contribution in [0.1, 0.15) is 51.3 Å². The van der Waals surface area contributed by atoms with Crippen molar-refractivity contribution in [3.05, 3.63) is 65.2 Å². The molecule has 2 aromatic rings. The van der Waals surface area contributed by atoms with E-state index in [9.17, 15) is 0 Å². The molecule has 4 rings (SSSR count). The van der Waals surface area contributed by atoms with Gasteiger partial charge >= 0.3 is 0 Å². The second kappa shape index (κ2) is 5.97. The lowest BCUT2D eigenvalue weighted by Crippen LogP contribution is -2.49. The molecule has 0 aliphatic carbocycles. The van der Waals surface area contributed by atoms with Crippen LogP contribution < -0.4 is 4.90 Å². The van der Waals surface area contributed by atoms with E-state index < -0.39 is 0 Å². The third-order valence-electron chi connectivity index (χ3n) is 6.81. The van der Waals surface area contributed by atoms with E-state index in [2.05, 4.69) is 88.0 Å². The Kier molecular flexibility index (Phi) is 3.98. The summed E-state index contributed by atoms with van der Waals surface area (Å²) in [5.41, 5.74) is 6.88. The number of rotatable bonds is 2. The lowest BCUT2D eigenvalue weighted by molar-refractivity contribution is 0.301. The first-order chi connectivity index (χ1) is 12.3. The minimum atomic E-state index is -0.106. The van der Waals surface area contributed by atoms with Crippen molar-refractivity contribution in [1.29, 1.82) is 0 Å². The Bertz CT molecular complexity index is 860. The fourth-order valence-corrected chi connectivity index (χ4v) is 4.56. The summed E-state index contributed by atoms with van der Waals surface area (Å²) in [5.74, 6) is 0.446. The fraction of sp³-hybridized carbons (Fsp3) is 0.458. The number of hydrogen-bond acceptors (Lipinski definition) is 2. The Morgan fingerprint density at radius 2 is 1.69 bits per heavy atom. The predicted molar refractivity (Wildman–Crippen MR) is 112 cm³/mol. The zero-order chi connectivity index (χ0) is 18.5. The summed E-state index contributed by atoms with van der Waals surface area (Å²) in [7, 11) is 0. The van der Waals surface area contributed by atoms with Gasteiger partial charge in [-0.05, 0) is 49.9 Å². The van der Waals surface area contributed by atoms with Gasteiger partial charge in [-0.3, -0.25) is 4.99 Å². The highest BCUT2D eigenvalue weighted by atomic mass is 15.1. The number of anilines is 1. The molecule has 0 bridgehead atoms. The van der Waals surface area contributed by atoms with Crippen LogP contribution in [0.4, 0.5) is 5.69 Å². The molecule has 0 spiro atoms. The van der Waals surface area contributed by atoms with Crippen molar-refractivity contribution in [2.45, 2.75) is 52.0 Å². The first-order valence-electron chi connectivity index (χ1n) is 9.87. The van der Waals surface area contributed by atoms with E-state index in [4.69, 9.17) is 4.99 Å². The highest BCUT2D eigenvalue weighted by Crippen LogP contribution is 2.45. The van der Waals surface area contributed by atoms with Crippen LogP contribution in [-0.2, 0) is 11.8 Å². The molecule has 136 valence electrons. The molecule has 2 heteroatoms. The van der Waals surface area contributed by atoms with E-state index in [-0.39, 0.29) is 11.0 Å². The molecule has 2 aliphatic heterocycles. The molecule has 1 atom stereocenters. The fourth-order valence-electron chi connectivity index (χ4n) is 4.56. The van der Waals surface area contributed by atoms with E-state index in [0.717, 1.165) is 19.5 Å². The molecule has 0 saturated heterocycles. The van der Waals surface area contributed by atoms with Gasteiger partial charge in [0.05, 0.1) is 5.54 Å². The highest BCUT2D eigenvalue weighted by Gasteiger charge is 2.45. The van der Waals surface area contributed by atoms with Crippen LogP contribution in [0, 0.1) is 5.92 Å². The number of para-hydroxylation sites is 1. The van der Waals surface area contributed by atoms with Crippen molar-refractivity contribution >= 4 is 11.4 Å². The van der Waals surface area contributed by atoms with Crippen LogP contribution in [-0.4, -0.2) is 24.3 Å². The maximum atomic E-state index is 5.36. The molecular formula is C24H30N2. The van der Waals surface area contributed by atoms with Crippen LogP contribution in [0.5, 0.6) is 0 Å². The molecular weight excluding hydrogens is 316 g/mol. The Balaban J connectivity index is 1.82. The van der Waals surface area contributed by atoms with Crippen molar-refractivity contribution in [3.63, 3.8) is 0 Å². The van der Waals surface area contributed by atoms with Crippen molar-refractivity contribution in [2.24, 2.45) is 10.9 Å². The zero-order valence-electron chi connectivity index (χ0n) is 16.7. The second-order valence-corrected chi connectivity index (χ2v) is 8.80. The Morgan fingerprint density at radius 1 is 1.00 bits per heavy atom. The van der Waals surface area contributed by atoms with Gasteiger partial charge in [0.15, 0.2) is 0 Å². The maximum absolute atomic E-state index is 5.36. The van der Waals surface area contributed by atoms with Crippen LogP contribution >= 0.6 is 0 Å². The molecule has 0 radical (unpaired) electrons. The van der Waals surface area contributed by atoms with Gasteiger partial charge in [-0.2, -0.15) is 0 Å². The molecule has 0 saturated carbocycles. The van der Waals surface area contributed by atoms with Crippen molar-refractivity contribution in [2.75, 3.05) is 18.0 Å². The van der Waals surface area contributed by atoms with Gasteiger partial charge in [0, 0.05) is 35.8 Å². The number of fused-ring (bicyclic) bond motifs is 2. The smallest absolute Gasteiger partial charge is 0.0646 e. The van der Waals surface area contributed by atoms with Gasteiger partial charge < -0.3 is 4.90 Å². The number of benzene rings is 2. The Hall–Kier alpha value is -2.09. The number of hydrogen-bond donors (Lipinski definition) is 0. The minimum absolute atomic E-state index is 0.0319. The summed E-state index contributed by atoms with van der Waals surface area (Å²) in [5, 5.41) is 0. The van der Waals surface area contributed by atoms with Crippen molar-refractivity contribution in [1.82, 2.24) is 0 Å². The van der Waals surface area contributed by atoms with Crippen molar-refractivity contribution in [3.8, 4) is 0 Å². The average Bonchev–Trinajstić information content (AvgIpc) is 2.64. The molecule has 26 heavy (non-hydrogen) atoms. The standard InChI is InChI=1S/C24H30N2/c1-6-26-16-18(15-17-11-7-10-14-21(17)26)22-19-12-8-9-13-20(19)23(2,3)24(4,5)25-22/h7-14,18H,6,15-16H2,1-5H3. The summed E-state index contributed by atoms with van der Waals surface area (Å²) < 4.78 is 0. The zero-order valence-corrected chi connectivity index (χ0v) is 16.7. The molecule has 1 unspecified atom stereocenters. The first-order valence-corrected chi connectivity index (χ1v) is 9.87. The highest BCUT2D eigenvalue weighted by molar-refractivity contribution is 6.06. The molecule has 2 nitrogen and oxygen atoms in total. The number of aliphatic imine (C=N–C) groups is 1. The van der Waals surface area contributed by atoms with Gasteiger partial charge in [0.2, 0.25) is 0 Å². The normalized spacial score (nSPS) is 23.0. The maximum Gasteiger partial charge on any atom is 0.0646 e. The molecule has 0 N–H and O–H groups in total. The Morgan fingerprint density at radius 3 is 2.46 bits per heavy atom. The summed E-state index contributed by atoms with van der Waals surface area (Å²) in [6.45, 7) is 13.6. The van der Waals surface area contributed by atoms with E-state index >= 15 is 0 Å². The van der Waals surface area contributed by atoms with Gasteiger partial charge in [-0.1, -0.05) is 56.3 Å². The lowest BCUT2D eigenvalue weighted by atomic mass is 9.65. The number of nitrogens with zero attached hydrogens (tertiary/aromatic N) is 2. The molecule has 0 amide bonds. The van der Waals surface area contributed by atoms with Crippen molar-refractivity contribution < 1.29 is 0 Å².